The summed E-state index contributed by atoms with van der Waals surface area (Å²) in [5, 5.41) is 0.542. The first-order chi connectivity index (χ1) is 8.25. The highest BCUT2D eigenvalue weighted by Gasteiger charge is 2.28. The van der Waals surface area contributed by atoms with Crippen LogP contribution in [0.2, 0.25) is 0 Å². The molecule has 5 heteroatoms. The third-order valence-corrected chi connectivity index (χ3v) is 4.80. The van der Waals surface area contributed by atoms with Crippen LogP contribution in [0.5, 0.6) is 0 Å². The van der Waals surface area contributed by atoms with Crippen LogP contribution in [-0.2, 0) is 5.75 Å². The van der Waals surface area contributed by atoms with Gasteiger partial charge < -0.3 is 9.80 Å². The molecule has 2 aliphatic heterocycles. The molecule has 4 nitrogen and oxygen atoms in total. The minimum atomic E-state index is 0.542. The van der Waals surface area contributed by atoms with Crippen molar-refractivity contribution >= 4 is 17.6 Å². The monoisotopic (exact) mass is 250 g/mol. The SMILES string of the molecule is CC1SCc2ncnc(N3CCN(C)CC3)c21. The van der Waals surface area contributed by atoms with Crippen LogP contribution in [0.15, 0.2) is 6.33 Å². The molecule has 0 aromatic carbocycles. The Morgan fingerprint density at radius 3 is 2.76 bits per heavy atom. The molecule has 1 atom stereocenters. The molecule has 0 bridgehead atoms. The van der Waals surface area contributed by atoms with Crippen molar-refractivity contribution in [2.45, 2.75) is 17.9 Å². The van der Waals surface area contributed by atoms with E-state index in [-0.39, 0.29) is 0 Å². The van der Waals surface area contributed by atoms with E-state index in [2.05, 4.69) is 33.7 Å². The predicted molar refractivity (Wildman–Crippen MR) is 71.5 cm³/mol. The van der Waals surface area contributed by atoms with Crippen molar-refractivity contribution < 1.29 is 0 Å². The van der Waals surface area contributed by atoms with Crippen molar-refractivity contribution in [1.82, 2.24) is 14.9 Å². The zero-order valence-electron chi connectivity index (χ0n) is 10.4. The first-order valence-electron chi connectivity index (χ1n) is 6.14. The van der Waals surface area contributed by atoms with E-state index in [1.165, 1.54) is 17.1 Å². The first-order valence-corrected chi connectivity index (χ1v) is 7.19. The van der Waals surface area contributed by atoms with E-state index in [1.807, 2.05) is 11.8 Å². The second-order valence-electron chi connectivity index (χ2n) is 4.80. The van der Waals surface area contributed by atoms with Gasteiger partial charge in [0.25, 0.3) is 0 Å². The number of likely N-dealkylation sites (N-methyl/N-ethyl adjacent to an activating group) is 1. The van der Waals surface area contributed by atoms with Gasteiger partial charge in [-0.1, -0.05) is 0 Å². The zero-order chi connectivity index (χ0) is 11.8. The lowest BCUT2D eigenvalue weighted by molar-refractivity contribution is 0.311. The van der Waals surface area contributed by atoms with Crippen LogP contribution in [0.4, 0.5) is 5.82 Å². The molecule has 17 heavy (non-hydrogen) atoms. The summed E-state index contributed by atoms with van der Waals surface area (Å²) in [4.78, 5) is 13.7. The lowest BCUT2D eigenvalue weighted by Crippen LogP contribution is -2.45. The summed E-state index contributed by atoms with van der Waals surface area (Å²) in [5.74, 6) is 2.22. The van der Waals surface area contributed by atoms with Gasteiger partial charge in [-0.05, 0) is 14.0 Å². The topological polar surface area (TPSA) is 32.3 Å². The number of hydrogen-bond acceptors (Lipinski definition) is 5. The minimum absolute atomic E-state index is 0.542. The van der Waals surface area contributed by atoms with Crippen molar-refractivity contribution in [1.29, 1.82) is 0 Å². The fourth-order valence-electron chi connectivity index (χ4n) is 2.51. The van der Waals surface area contributed by atoms with Gasteiger partial charge in [0.05, 0.1) is 5.69 Å². The fraction of sp³-hybridized carbons (Fsp3) is 0.667. The van der Waals surface area contributed by atoms with Gasteiger partial charge in [0.15, 0.2) is 0 Å². The van der Waals surface area contributed by atoms with Gasteiger partial charge in [0.2, 0.25) is 0 Å². The third-order valence-electron chi connectivity index (χ3n) is 3.62. The van der Waals surface area contributed by atoms with Gasteiger partial charge in [-0.15, -0.1) is 11.8 Å². The molecule has 92 valence electrons. The molecular formula is C12H18N4S. The van der Waals surface area contributed by atoms with E-state index in [0.717, 1.165) is 31.9 Å². The number of nitrogens with zero attached hydrogens (tertiary/aromatic N) is 4. The average molecular weight is 250 g/mol. The molecule has 0 N–H and O–H groups in total. The molecule has 1 fully saturated rings. The molecule has 1 saturated heterocycles. The number of rotatable bonds is 1. The molecule has 3 heterocycles. The number of hydrogen-bond donors (Lipinski definition) is 0. The van der Waals surface area contributed by atoms with Gasteiger partial charge in [0.1, 0.15) is 12.1 Å². The van der Waals surface area contributed by atoms with Crippen LogP contribution in [0, 0.1) is 0 Å². The second kappa shape index (κ2) is 4.46. The molecule has 0 spiro atoms. The molecule has 0 saturated carbocycles. The van der Waals surface area contributed by atoms with Crippen LogP contribution in [-0.4, -0.2) is 48.1 Å². The van der Waals surface area contributed by atoms with Gasteiger partial charge in [-0.2, -0.15) is 0 Å². The number of fused-ring (bicyclic) bond motifs is 1. The van der Waals surface area contributed by atoms with E-state index in [9.17, 15) is 0 Å². The molecule has 1 unspecified atom stereocenters. The molecule has 0 aliphatic carbocycles. The quantitative estimate of drug-likeness (QED) is 0.755. The summed E-state index contributed by atoms with van der Waals surface area (Å²) >= 11 is 1.97. The van der Waals surface area contributed by atoms with Crippen molar-refractivity contribution in [2.24, 2.45) is 0 Å². The molecule has 1 aromatic rings. The summed E-state index contributed by atoms with van der Waals surface area (Å²) < 4.78 is 0. The van der Waals surface area contributed by atoms with Gasteiger partial charge >= 0.3 is 0 Å². The van der Waals surface area contributed by atoms with Crippen LogP contribution < -0.4 is 4.90 Å². The lowest BCUT2D eigenvalue weighted by atomic mass is 10.1. The minimum Gasteiger partial charge on any atom is -0.354 e. The molecule has 1 aromatic heterocycles. The van der Waals surface area contributed by atoms with Gasteiger partial charge in [-0.3, -0.25) is 0 Å². The Morgan fingerprint density at radius 1 is 1.24 bits per heavy atom. The van der Waals surface area contributed by atoms with E-state index >= 15 is 0 Å². The van der Waals surface area contributed by atoms with E-state index < -0.39 is 0 Å². The zero-order valence-corrected chi connectivity index (χ0v) is 11.2. The highest BCUT2D eigenvalue weighted by atomic mass is 32.2. The summed E-state index contributed by atoms with van der Waals surface area (Å²) in [7, 11) is 2.18. The predicted octanol–water partition coefficient (Wildman–Crippen LogP) is 1.54. The summed E-state index contributed by atoms with van der Waals surface area (Å²) in [5.41, 5.74) is 2.62. The highest BCUT2D eigenvalue weighted by Crippen LogP contribution is 2.44. The number of piperazine rings is 1. The fourth-order valence-corrected chi connectivity index (χ4v) is 3.56. The van der Waals surface area contributed by atoms with Crippen LogP contribution in [0.3, 0.4) is 0 Å². The first kappa shape index (κ1) is 11.3. The van der Waals surface area contributed by atoms with Crippen LogP contribution in [0.1, 0.15) is 23.4 Å². The average Bonchev–Trinajstić information content (AvgIpc) is 2.73. The van der Waals surface area contributed by atoms with Crippen molar-refractivity contribution in [3.8, 4) is 0 Å². The number of anilines is 1. The molecule has 0 radical (unpaired) electrons. The number of thioether (sulfide) groups is 1. The maximum absolute atomic E-state index is 4.53. The van der Waals surface area contributed by atoms with E-state index in [0.29, 0.717) is 5.25 Å². The Labute approximate surface area is 106 Å². The van der Waals surface area contributed by atoms with Crippen molar-refractivity contribution in [3.05, 3.63) is 17.6 Å². The standard InChI is InChI=1S/C12H18N4S/c1-9-11-10(7-17-9)13-8-14-12(11)16-5-3-15(2)4-6-16/h8-9H,3-7H2,1-2H3. The molecule has 2 aliphatic rings. The maximum atomic E-state index is 4.53. The van der Waals surface area contributed by atoms with Gasteiger partial charge in [0, 0.05) is 42.7 Å². The normalized spacial score (nSPS) is 25.1. The lowest BCUT2D eigenvalue weighted by Gasteiger charge is -2.34. The van der Waals surface area contributed by atoms with E-state index in [4.69, 9.17) is 0 Å². The van der Waals surface area contributed by atoms with Crippen molar-refractivity contribution in [3.63, 3.8) is 0 Å². The Morgan fingerprint density at radius 2 is 2.00 bits per heavy atom. The Bertz CT molecular complexity index is 415. The van der Waals surface area contributed by atoms with Crippen LogP contribution >= 0.6 is 11.8 Å². The molecule has 3 rings (SSSR count). The summed E-state index contributed by atoms with van der Waals surface area (Å²) in [6.07, 6.45) is 1.73. The Kier molecular flexibility index (Phi) is 2.96. The highest BCUT2D eigenvalue weighted by molar-refractivity contribution is 7.99. The third kappa shape index (κ3) is 2.02. The Hall–Kier alpha value is -0.810. The van der Waals surface area contributed by atoms with E-state index in [1.54, 1.807) is 6.33 Å². The Balaban J connectivity index is 1.91. The maximum Gasteiger partial charge on any atom is 0.136 e. The van der Waals surface area contributed by atoms with Crippen molar-refractivity contribution in [2.75, 3.05) is 38.1 Å². The number of aromatic nitrogens is 2. The summed E-state index contributed by atoms with van der Waals surface area (Å²) in [6, 6.07) is 0. The largest absolute Gasteiger partial charge is 0.354 e. The van der Waals surface area contributed by atoms with Crippen LogP contribution in [0.25, 0.3) is 0 Å². The molecular weight excluding hydrogens is 232 g/mol. The van der Waals surface area contributed by atoms with Gasteiger partial charge in [-0.25, -0.2) is 9.97 Å². The molecule has 0 amide bonds. The summed E-state index contributed by atoms with van der Waals surface area (Å²) in [6.45, 7) is 6.68. The second-order valence-corrected chi connectivity index (χ2v) is 6.13. The smallest absolute Gasteiger partial charge is 0.136 e.